The Morgan fingerprint density at radius 2 is 2.05 bits per heavy atom. The van der Waals surface area contributed by atoms with E-state index in [-0.39, 0.29) is 11.4 Å². The van der Waals surface area contributed by atoms with Crippen molar-refractivity contribution in [2.24, 2.45) is 0 Å². The molecule has 0 fully saturated rings. The highest BCUT2D eigenvalue weighted by Gasteiger charge is 2.32. The number of aromatic nitrogens is 2. The van der Waals surface area contributed by atoms with Gasteiger partial charge in [0.05, 0.1) is 5.69 Å². The van der Waals surface area contributed by atoms with Crippen LogP contribution in [0.3, 0.4) is 0 Å². The number of H-pyrrole nitrogens is 1. The van der Waals surface area contributed by atoms with Gasteiger partial charge in [0.15, 0.2) is 10.5 Å². The van der Waals surface area contributed by atoms with E-state index in [2.05, 4.69) is 25.7 Å². The molecule has 1 heterocycles. The number of imidazole rings is 1. The van der Waals surface area contributed by atoms with E-state index >= 15 is 0 Å². The molecule has 1 aromatic carbocycles. The standard InChI is InChI=1S/C11H8BrF3N2OS/c1-6-5-16-10(19)17(6)8-3-2-7(12)4-9(8)18-11(13,14)15/h2-5H,1H3,(H,16,19). The first kappa shape index (κ1) is 14.1. The third-order valence-corrected chi connectivity index (χ3v) is 3.14. The summed E-state index contributed by atoms with van der Waals surface area (Å²) in [7, 11) is 0. The summed E-state index contributed by atoms with van der Waals surface area (Å²) in [5.41, 5.74) is 0.906. The zero-order valence-electron chi connectivity index (χ0n) is 9.58. The van der Waals surface area contributed by atoms with Gasteiger partial charge in [-0.1, -0.05) is 15.9 Å². The molecule has 8 heteroatoms. The molecule has 0 aliphatic heterocycles. The van der Waals surface area contributed by atoms with Crippen LogP contribution in [0.4, 0.5) is 13.2 Å². The van der Waals surface area contributed by atoms with Crippen molar-refractivity contribution in [1.82, 2.24) is 9.55 Å². The van der Waals surface area contributed by atoms with Crippen molar-refractivity contribution in [3.63, 3.8) is 0 Å². The summed E-state index contributed by atoms with van der Waals surface area (Å²) in [4.78, 5) is 2.77. The van der Waals surface area contributed by atoms with Crippen LogP contribution in [0.1, 0.15) is 5.69 Å². The molecule has 1 N–H and O–H groups in total. The molecule has 0 unspecified atom stereocenters. The highest BCUT2D eigenvalue weighted by molar-refractivity contribution is 9.10. The first-order valence-electron chi connectivity index (χ1n) is 5.10. The second-order valence-electron chi connectivity index (χ2n) is 3.73. The SMILES string of the molecule is Cc1c[nH]c(=S)n1-c1ccc(Br)cc1OC(F)(F)F. The molecule has 1 aromatic heterocycles. The average Bonchev–Trinajstić information content (AvgIpc) is 2.58. The molecule has 0 atom stereocenters. The Balaban J connectivity index is 2.61. The molecule has 19 heavy (non-hydrogen) atoms. The topological polar surface area (TPSA) is 29.9 Å². The molecule has 0 spiro atoms. The lowest BCUT2D eigenvalue weighted by atomic mass is 10.3. The molecule has 0 aliphatic rings. The lowest BCUT2D eigenvalue weighted by Crippen LogP contribution is -2.18. The quantitative estimate of drug-likeness (QED) is 0.806. The lowest BCUT2D eigenvalue weighted by Gasteiger charge is -2.15. The number of nitrogens with zero attached hydrogens (tertiary/aromatic N) is 1. The Kier molecular flexibility index (Phi) is 3.73. The fraction of sp³-hybridized carbons (Fsp3) is 0.182. The van der Waals surface area contributed by atoms with Crippen molar-refractivity contribution in [3.8, 4) is 11.4 Å². The van der Waals surface area contributed by atoms with E-state index < -0.39 is 6.36 Å². The van der Waals surface area contributed by atoms with Gasteiger partial charge in [-0.15, -0.1) is 13.2 Å². The van der Waals surface area contributed by atoms with Crippen LogP contribution in [-0.4, -0.2) is 15.9 Å². The Bertz CT molecular complexity index is 663. The molecule has 2 aromatic rings. The summed E-state index contributed by atoms with van der Waals surface area (Å²) in [6.45, 7) is 1.73. The smallest absolute Gasteiger partial charge is 0.403 e. The number of benzene rings is 1. The molecule has 0 aliphatic carbocycles. The van der Waals surface area contributed by atoms with Crippen LogP contribution in [0.5, 0.6) is 5.75 Å². The van der Waals surface area contributed by atoms with E-state index in [9.17, 15) is 13.2 Å². The zero-order chi connectivity index (χ0) is 14.2. The Morgan fingerprint density at radius 3 is 2.58 bits per heavy atom. The number of rotatable bonds is 2. The molecule has 0 saturated carbocycles. The number of halogens is 4. The van der Waals surface area contributed by atoms with Crippen LogP contribution < -0.4 is 4.74 Å². The monoisotopic (exact) mass is 352 g/mol. The first-order valence-corrected chi connectivity index (χ1v) is 6.31. The predicted octanol–water partition coefficient (Wildman–Crippen LogP) is 4.50. The highest BCUT2D eigenvalue weighted by atomic mass is 79.9. The molecule has 0 amide bonds. The van der Waals surface area contributed by atoms with Crippen molar-refractivity contribution < 1.29 is 17.9 Å². The summed E-state index contributed by atoms with van der Waals surface area (Å²) in [5, 5.41) is 0. The molecular weight excluding hydrogens is 345 g/mol. The van der Waals surface area contributed by atoms with Gasteiger partial charge in [0.1, 0.15) is 0 Å². The van der Waals surface area contributed by atoms with Gasteiger partial charge in [0.2, 0.25) is 0 Å². The van der Waals surface area contributed by atoms with E-state index in [0.717, 1.165) is 0 Å². The van der Waals surface area contributed by atoms with E-state index in [0.29, 0.717) is 14.9 Å². The van der Waals surface area contributed by atoms with Gasteiger partial charge in [0.25, 0.3) is 0 Å². The van der Waals surface area contributed by atoms with Gasteiger partial charge in [-0.05, 0) is 37.3 Å². The van der Waals surface area contributed by atoms with Gasteiger partial charge < -0.3 is 9.72 Å². The molecule has 2 rings (SSSR count). The molecule has 0 radical (unpaired) electrons. The number of nitrogens with one attached hydrogen (secondary N) is 1. The van der Waals surface area contributed by atoms with Crippen LogP contribution in [0.15, 0.2) is 28.9 Å². The number of alkyl halides is 3. The van der Waals surface area contributed by atoms with Crippen molar-refractivity contribution >= 4 is 28.1 Å². The minimum absolute atomic E-state index is 0.226. The maximum absolute atomic E-state index is 12.4. The van der Waals surface area contributed by atoms with Gasteiger partial charge in [-0.3, -0.25) is 4.57 Å². The molecule has 3 nitrogen and oxygen atoms in total. The molecule has 0 saturated heterocycles. The second kappa shape index (κ2) is 5.01. The predicted molar refractivity (Wildman–Crippen MR) is 70.1 cm³/mol. The Labute approximate surface area is 120 Å². The maximum Gasteiger partial charge on any atom is 0.573 e. The maximum atomic E-state index is 12.4. The van der Waals surface area contributed by atoms with Gasteiger partial charge in [-0.2, -0.15) is 0 Å². The second-order valence-corrected chi connectivity index (χ2v) is 5.03. The number of hydrogen-bond donors (Lipinski definition) is 1. The van der Waals surface area contributed by atoms with Crippen molar-refractivity contribution in [2.75, 3.05) is 0 Å². The van der Waals surface area contributed by atoms with Gasteiger partial charge >= 0.3 is 6.36 Å². The summed E-state index contributed by atoms with van der Waals surface area (Å²) < 4.78 is 43.5. The van der Waals surface area contributed by atoms with Crippen LogP contribution in [0.25, 0.3) is 5.69 Å². The van der Waals surface area contributed by atoms with Crippen molar-refractivity contribution in [3.05, 3.63) is 39.3 Å². The molecule has 102 valence electrons. The van der Waals surface area contributed by atoms with E-state index in [1.54, 1.807) is 19.2 Å². The fourth-order valence-corrected chi connectivity index (χ4v) is 2.28. The highest BCUT2D eigenvalue weighted by Crippen LogP contribution is 2.32. The minimum atomic E-state index is -4.76. The van der Waals surface area contributed by atoms with Crippen LogP contribution in [0, 0.1) is 11.7 Å². The van der Waals surface area contributed by atoms with Crippen molar-refractivity contribution in [1.29, 1.82) is 0 Å². The first-order chi connectivity index (χ1) is 8.78. The number of aromatic amines is 1. The normalized spacial score (nSPS) is 11.6. The Hall–Kier alpha value is -1.28. The third-order valence-electron chi connectivity index (χ3n) is 2.35. The largest absolute Gasteiger partial charge is 0.573 e. The summed E-state index contributed by atoms with van der Waals surface area (Å²) in [6, 6.07) is 4.37. The van der Waals surface area contributed by atoms with Gasteiger partial charge in [-0.25, -0.2) is 0 Å². The van der Waals surface area contributed by atoms with Crippen LogP contribution in [-0.2, 0) is 0 Å². The summed E-state index contributed by atoms with van der Waals surface area (Å²) in [5.74, 6) is -0.319. The lowest BCUT2D eigenvalue weighted by molar-refractivity contribution is -0.274. The molecule has 0 bridgehead atoms. The number of ether oxygens (including phenoxy) is 1. The van der Waals surface area contributed by atoms with Crippen LogP contribution in [0.2, 0.25) is 0 Å². The summed E-state index contributed by atoms with van der Waals surface area (Å²) >= 11 is 8.16. The molecular formula is C11H8BrF3N2OS. The zero-order valence-corrected chi connectivity index (χ0v) is 12.0. The number of aryl methyl sites for hydroxylation is 1. The van der Waals surface area contributed by atoms with Crippen LogP contribution >= 0.6 is 28.1 Å². The van der Waals surface area contributed by atoms with Gasteiger partial charge in [0, 0.05) is 16.4 Å². The summed E-state index contributed by atoms with van der Waals surface area (Å²) in [6.07, 6.45) is -3.15. The van der Waals surface area contributed by atoms with E-state index in [1.807, 2.05) is 0 Å². The minimum Gasteiger partial charge on any atom is -0.403 e. The van der Waals surface area contributed by atoms with E-state index in [4.69, 9.17) is 12.2 Å². The third kappa shape index (κ3) is 3.19. The van der Waals surface area contributed by atoms with Crippen molar-refractivity contribution in [2.45, 2.75) is 13.3 Å². The Morgan fingerprint density at radius 1 is 1.37 bits per heavy atom. The van der Waals surface area contributed by atoms with E-state index in [1.165, 1.54) is 16.7 Å². The fourth-order valence-electron chi connectivity index (χ4n) is 1.63. The average molecular weight is 353 g/mol. The number of hydrogen-bond acceptors (Lipinski definition) is 2.